The second-order valence-electron chi connectivity index (χ2n) is 17.2. The molecule has 1 aromatic rings. The zero-order valence-electron chi connectivity index (χ0n) is 40.5. The van der Waals surface area contributed by atoms with Gasteiger partial charge < -0.3 is 48.1 Å². The maximum Gasteiger partial charge on any atom is 0.330 e. The summed E-state index contributed by atoms with van der Waals surface area (Å²) in [6.45, 7) is 15.0. The summed E-state index contributed by atoms with van der Waals surface area (Å²) < 4.78 is 50.9. The average Bonchev–Trinajstić information content (AvgIpc) is 3.57. The molecule has 10 atom stereocenters. The average molecular weight is 969 g/mol. The van der Waals surface area contributed by atoms with Crippen molar-refractivity contribution in [3.63, 3.8) is 0 Å². The number of H-pyrrole nitrogens is 1. The van der Waals surface area contributed by atoms with Crippen LogP contribution in [0.3, 0.4) is 0 Å². The molecular formula is C45H73N6O15P. The van der Waals surface area contributed by atoms with Crippen molar-refractivity contribution in [3.8, 4) is 6.07 Å². The second-order valence-corrected chi connectivity index (χ2v) is 18.6. The molecule has 0 saturated carbocycles. The molecule has 3 rings (SSSR count). The van der Waals surface area contributed by atoms with Gasteiger partial charge in [0.2, 0.25) is 11.8 Å². The number of esters is 3. The van der Waals surface area contributed by atoms with E-state index >= 15 is 0 Å². The highest BCUT2D eigenvalue weighted by Crippen LogP contribution is 2.50. The zero-order chi connectivity index (χ0) is 49.6. The zero-order valence-corrected chi connectivity index (χ0v) is 41.4. The van der Waals surface area contributed by atoms with E-state index in [2.05, 4.69) is 26.4 Å². The van der Waals surface area contributed by atoms with Gasteiger partial charge in [-0.1, -0.05) is 51.9 Å². The maximum atomic E-state index is 13.6. The van der Waals surface area contributed by atoms with E-state index in [1.54, 1.807) is 0 Å². The summed E-state index contributed by atoms with van der Waals surface area (Å²) in [7, 11) is -1.71. The highest BCUT2D eigenvalue weighted by Gasteiger charge is 2.52. The van der Waals surface area contributed by atoms with Gasteiger partial charge in [-0.3, -0.25) is 38.3 Å². The minimum atomic E-state index is -1.71. The van der Waals surface area contributed by atoms with E-state index in [4.69, 9.17) is 37.5 Å². The van der Waals surface area contributed by atoms with Crippen molar-refractivity contribution < 1.29 is 61.4 Å². The first-order chi connectivity index (χ1) is 31.9. The predicted molar refractivity (Wildman–Crippen MR) is 244 cm³/mol. The predicted octanol–water partition coefficient (Wildman–Crippen LogP) is 4.56. The molecule has 22 heteroatoms. The number of hydrogen-bond donors (Lipinski definition) is 3. The van der Waals surface area contributed by atoms with Crippen LogP contribution in [0.1, 0.15) is 146 Å². The Morgan fingerprint density at radius 3 is 1.97 bits per heavy atom. The molecule has 0 aromatic carbocycles. The van der Waals surface area contributed by atoms with E-state index in [-0.39, 0.29) is 50.7 Å². The summed E-state index contributed by atoms with van der Waals surface area (Å²) in [6, 6.07) is 1.57. The van der Waals surface area contributed by atoms with Gasteiger partial charge in [0.15, 0.2) is 24.7 Å². The van der Waals surface area contributed by atoms with Crippen molar-refractivity contribution in [2.75, 3.05) is 19.8 Å². The van der Waals surface area contributed by atoms with Crippen LogP contribution in [0.25, 0.3) is 0 Å². The van der Waals surface area contributed by atoms with Crippen LogP contribution in [0.5, 0.6) is 0 Å². The molecule has 1 aromatic heterocycles. The minimum Gasteiger partial charge on any atom is -0.463 e. The van der Waals surface area contributed by atoms with Crippen molar-refractivity contribution in [3.05, 3.63) is 33.1 Å². The second kappa shape index (κ2) is 29.6. The fraction of sp³-hybridized carbons (Fsp3) is 0.778. The number of unbranched alkanes of at least 4 members (excludes halogenated alkanes) is 8. The number of aromatic amines is 1. The van der Waals surface area contributed by atoms with Crippen LogP contribution in [0.15, 0.2) is 21.9 Å². The topological polar surface area (TPSA) is 265 Å². The monoisotopic (exact) mass is 968 g/mol. The SMILES string of the molecule is CC[C@H]1O[C@@H](n2ccc(=O)[nH]c2=O)[C@H](NC(=O)CCCCCCCCCCCOC2OC(COC(C)=O)C(OC(C)=O)C(OC(C)=O)C2NC(C)=O)[C@@H]1OP(OCCC#N)N(C(C)C)C(C)C. The van der Waals surface area contributed by atoms with Gasteiger partial charge in [-0.2, -0.15) is 5.26 Å². The van der Waals surface area contributed by atoms with Crippen molar-refractivity contribution in [2.45, 2.75) is 207 Å². The molecule has 2 fully saturated rings. The first-order valence-corrected chi connectivity index (χ1v) is 24.5. The Morgan fingerprint density at radius 2 is 1.42 bits per heavy atom. The fourth-order valence-corrected chi connectivity index (χ4v) is 9.91. The molecule has 2 saturated heterocycles. The number of nitrogens with one attached hydrogen (secondary N) is 3. The first-order valence-electron chi connectivity index (χ1n) is 23.4. The van der Waals surface area contributed by atoms with E-state index in [9.17, 15) is 38.8 Å². The Hall–Kier alpha value is -4.29. The van der Waals surface area contributed by atoms with E-state index in [1.807, 2.05) is 34.6 Å². The standard InChI is InChI=1S/C45H73N6O15P/c1-10-34-40(66-67(61-26-20-23-46)51(28(2)3)29(4)5)38(43(64-34)50-24-22-37(57)49-45(50)58)48-36(56)21-18-16-14-12-11-13-15-17-19-25-59-44-39(47-30(6)52)42(63-33(9)55)41(62-32(8)54)35(65-44)27-60-31(7)53/h22,24,28-29,34-35,38-44H,10-21,25-27H2,1-9H3,(H,47,52)(H,48,56)(H,49,57,58)/t34-,35?,38-,39?,40-,41?,42?,43-,44?,67?/m1/s1. The van der Waals surface area contributed by atoms with Crippen LogP contribution in [0.4, 0.5) is 0 Å². The van der Waals surface area contributed by atoms with Crippen molar-refractivity contribution >= 4 is 38.2 Å². The molecule has 3 heterocycles. The lowest BCUT2D eigenvalue weighted by Crippen LogP contribution is -2.66. The van der Waals surface area contributed by atoms with Crippen LogP contribution in [0, 0.1) is 11.3 Å². The lowest BCUT2D eigenvalue weighted by Gasteiger charge is -2.44. The molecule has 2 aliphatic heterocycles. The van der Waals surface area contributed by atoms with E-state index in [0.29, 0.717) is 19.3 Å². The minimum absolute atomic E-state index is 0.0300. The lowest BCUT2D eigenvalue weighted by molar-refractivity contribution is -0.277. The number of nitriles is 1. The van der Waals surface area contributed by atoms with Crippen LogP contribution in [-0.2, 0) is 61.4 Å². The Morgan fingerprint density at radius 1 is 0.806 bits per heavy atom. The molecule has 67 heavy (non-hydrogen) atoms. The third kappa shape index (κ3) is 19.0. The summed E-state index contributed by atoms with van der Waals surface area (Å²) in [4.78, 5) is 88.7. The third-order valence-corrected chi connectivity index (χ3v) is 13.1. The number of hydrogen-bond acceptors (Lipinski definition) is 17. The van der Waals surface area contributed by atoms with Crippen LogP contribution in [0.2, 0.25) is 0 Å². The smallest absolute Gasteiger partial charge is 0.330 e. The first kappa shape index (κ1) is 57.0. The Kier molecular flexibility index (Phi) is 25.2. The van der Waals surface area contributed by atoms with Gasteiger partial charge in [-0.25, -0.2) is 9.46 Å². The number of ether oxygens (including phenoxy) is 6. The highest BCUT2D eigenvalue weighted by atomic mass is 31.2. The van der Waals surface area contributed by atoms with Crippen LogP contribution >= 0.6 is 8.53 Å². The summed E-state index contributed by atoms with van der Waals surface area (Å²) >= 11 is 0. The number of nitrogens with zero attached hydrogens (tertiary/aromatic N) is 3. The number of carbonyl (C=O) groups excluding carboxylic acids is 5. The van der Waals surface area contributed by atoms with Gasteiger partial charge in [-0.05, 0) is 47.0 Å². The van der Waals surface area contributed by atoms with E-state index in [0.717, 1.165) is 44.9 Å². The highest BCUT2D eigenvalue weighted by molar-refractivity contribution is 7.44. The Bertz CT molecular complexity index is 1880. The lowest BCUT2D eigenvalue weighted by atomic mass is 9.96. The molecule has 0 aliphatic carbocycles. The molecule has 21 nitrogen and oxygen atoms in total. The number of rotatable bonds is 29. The van der Waals surface area contributed by atoms with Crippen LogP contribution < -0.4 is 21.9 Å². The Labute approximate surface area is 394 Å². The summed E-state index contributed by atoms with van der Waals surface area (Å²) in [5.41, 5.74) is -1.23. The fourth-order valence-electron chi connectivity index (χ4n) is 8.13. The summed E-state index contributed by atoms with van der Waals surface area (Å²) in [6.07, 6.45) is 3.38. The quantitative estimate of drug-likeness (QED) is 0.0430. The van der Waals surface area contributed by atoms with Gasteiger partial charge in [-0.15, -0.1) is 0 Å². The number of carbonyl (C=O) groups is 5. The molecule has 0 radical (unpaired) electrons. The number of amides is 2. The molecule has 2 aliphatic rings. The number of aromatic nitrogens is 2. The largest absolute Gasteiger partial charge is 0.463 e. The van der Waals surface area contributed by atoms with Crippen molar-refractivity contribution in [1.82, 2.24) is 24.9 Å². The maximum absolute atomic E-state index is 13.6. The van der Waals surface area contributed by atoms with Crippen molar-refractivity contribution in [1.29, 1.82) is 5.26 Å². The molecule has 0 bridgehead atoms. The summed E-state index contributed by atoms with van der Waals surface area (Å²) in [5, 5.41) is 15.0. The van der Waals surface area contributed by atoms with Gasteiger partial charge >= 0.3 is 23.6 Å². The van der Waals surface area contributed by atoms with Gasteiger partial charge in [0, 0.05) is 65.1 Å². The normalized spacial score (nSPS) is 24.3. The third-order valence-electron chi connectivity index (χ3n) is 11.0. The molecule has 6 unspecified atom stereocenters. The molecule has 378 valence electrons. The van der Waals surface area contributed by atoms with Gasteiger partial charge in [0.1, 0.15) is 30.9 Å². The van der Waals surface area contributed by atoms with E-state index < -0.39 is 98.7 Å². The molecule has 3 N–H and O–H groups in total. The summed E-state index contributed by atoms with van der Waals surface area (Å²) in [5.74, 6) is -2.64. The van der Waals surface area contributed by atoms with E-state index in [1.165, 1.54) is 44.5 Å². The van der Waals surface area contributed by atoms with Gasteiger partial charge in [0.25, 0.3) is 14.1 Å². The van der Waals surface area contributed by atoms with Crippen LogP contribution in [-0.4, -0.2) is 125 Å². The molecule has 0 spiro atoms. The molecule has 2 amide bonds. The molecular weight excluding hydrogens is 895 g/mol. The Balaban J connectivity index is 1.51. The van der Waals surface area contributed by atoms with Gasteiger partial charge in [0.05, 0.1) is 25.2 Å². The van der Waals surface area contributed by atoms with Crippen molar-refractivity contribution in [2.24, 2.45) is 0 Å².